The lowest BCUT2D eigenvalue weighted by molar-refractivity contribution is -0.381. The average Bonchev–Trinajstić information content (AvgIpc) is 2.12. The zero-order valence-electron chi connectivity index (χ0n) is 6.65. The van der Waals surface area contributed by atoms with Gasteiger partial charge in [0, 0.05) is 0 Å². The molecule has 1 aliphatic heterocycles. The average molecular weight is 196 g/mol. The van der Waals surface area contributed by atoms with E-state index in [2.05, 4.69) is 9.62 Å². The minimum atomic E-state index is -1.58. The number of aliphatic hydroxyl groups is 4. The fourth-order valence-corrected chi connectivity index (χ4v) is 1.19. The molecule has 7 nitrogen and oxygen atoms in total. The molecule has 0 unspecified atom stereocenters. The first-order chi connectivity index (χ1) is 6.11. The van der Waals surface area contributed by atoms with Crippen molar-refractivity contribution in [3.63, 3.8) is 0 Å². The summed E-state index contributed by atoms with van der Waals surface area (Å²) in [4.78, 5) is 3.71. The van der Waals surface area contributed by atoms with Crippen molar-refractivity contribution in [1.82, 2.24) is 0 Å². The predicted molar refractivity (Wildman–Crippen MR) is 37.5 cm³/mol. The van der Waals surface area contributed by atoms with E-state index in [0.29, 0.717) is 0 Å². The highest BCUT2D eigenvalue weighted by atomic mass is 17.1. The van der Waals surface area contributed by atoms with Crippen LogP contribution in [0.4, 0.5) is 0 Å². The van der Waals surface area contributed by atoms with Gasteiger partial charge in [0.2, 0.25) is 0 Å². The monoisotopic (exact) mass is 196 g/mol. The summed E-state index contributed by atoms with van der Waals surface area (Å²) in [5.41, 5.74) is 0. The summed E-state index contributed by atoms with van der Waals surface area (Å²) in [5, 5.41) is 44.4. The molecule has 1 fully saturated rings. The number of ether oxygens (including phenoxy) is 1. The summed E-state index contributed by atoms with van der Waals surface area (Å²) >= 11 is 0. The van der Waals surface area contributed by atoms with Crippen molar-refractivity contribution >= 4 is 0 Å². The summed E-state index contributed by atoms with van der Waals surface area (Å²) in [5.74, 6) is 0. The van der Waals surface area contributed by atoms with Gasteiger partial charge in [0.05, 0.1) is 6.61 Å². The van der Waals surface area contributed by atoms with E-state index in [0.717, 1.165) is 0 Å². The fraction of sp³-hybridized carbons (Fsp3) is 1.00. The fourth-order valence-electron chi connectivity index (χ4n) is 1.19. The molecule has 5 atom stereocenters. The van der Waals surface area contributed by atoms with Crippen molar-refractivity contribution < 1.29 is 35.3 Å². The Morgan fingerprint density at radius 1 is 1.15 bits per heavy atom. The molecule has 0 spiro atoms. The minimum Gasteiger partial charge on any atom is -0.394 e. The van der Waals surface area contributed by atoms with Gasteiger partial charge < -0.3 is 25.2 Å². The van der Waals surface area contributed by atoms with Crippen molar-refractivity contribution in [3.05, 3.63) is 0 Å². The van der Waals surface area contributed by atoms with Gasteiger partial charge in [-0.3, -0.25) is 5.26 Å². The first-order valence-corrected chi connectivity index (χ1v) is 3.72. The Hall–Kier alpha value is -0.280. The lowest BCUT2D eigenvalue weighted by Gasteiger charge is -2.38. The summed E-state index contributed by atoms with van der Waals surface area (Å²) in [7, 11) is 0. The molecule has 0 bridgehead atoms. The Morgan fingerprint density at radius 3 is 2.23 bits per heavy atom. The Morgan fingerprint density at radius 2 is 1.77 bits per heavy atom. The van der Waals surface area contributed by atoms with E-state index in [1.807, 2.05) is 0 Å². The normalized spacial score (nSPS) is 46.4. The predicted octanol–water partition coefficient (Wildman–Crippen LogP) is -2.72. The van der Waals surface area contributed by atoms with Crippen LogP contribution in [0.25, 0.3) is 0 Å². The van der Waals surface area contributed by atoms with Gasteiger partial charge in [-0.1, -0.05) is 0 Å². The maximum atomic E-state index is 9.22. The molecule has 1 rings (SSSR count). The van der Waals surface area contributed by atoms with E-state index < -0.39 is 37.3 Å². The highest BCUT2D eigenvalue weighted by Crippen LogP contribution is 2.21. The van der Waals surface area contributed by atoms with E-state index in [1.54, 1.807) is 0 Å². The van der Waals surface area contributed by atoms with Gasteiger partial charge in [0.1, 0.15) is 18.3 Å². The molecular formula is C6H12O7. The van der Waals surface area contributed by atoms with Crippen molar-refractivity contribution in [2.24, 2.45) is 0 Å². The number of hydrogen-bond donors (Lipinski definition) is 5. The minimum absolute atomic E-state index is 0.548. The molecule has 0 saturated carbocycles. The van der Waals surface area contributed by atoms with E-state index >= 15 is 0 Å². The van der Waals surface area contributed by atoms with Crippen LogP contribution in [0.15, 0.2) is 0 Å². The van der Waals surface area contributed by atoms with Crippen molar-refractivity contribution in [1.29, 1.82) is 0 Å². The van der Waals surface area contributed by atoms with Crippen LogP contribution in [0, 0.1) is 0 Å². The van der Waals surface area contributed by atoms with Crippen LogP contribution in [-0.4, -0.2) is 63.0 Å². The molecular weight excluding hydrogens is 184 g/mol. The highest BCUT2D eigenvalue weighted by Gasteiger charge is 2.44. The molecule has 0 radical (unpaired) electrons. The quantitative estimate of drug-likeness (QED) is 0.240. The van der Waals surface area contributed by atoms with Gasteiger partial charge in [-0.2, -0.15) is 0 Å². The van der Waals surface area contributed by atoms with Gasteiger partial charge in [-0.15, -0.1) is 0 Å². The Kier molecular flexibility index (Phi) is 3.56. The second-order valence-corrected chi connectivity index (χ2v) is 2.80. The molecule has 1 heterocycles. The molecule has 7 heteroatoms. The molecule has 13 heavy (non-hydrogen) atoms. The molecule has 1 saturated heterocycles. The summed E-state index contributed by atoms with van der Waals surface area (Å²) < 4.78 is 4.63. The standard InChI is InChI=1S/C6H12O7/c7-1-2-3(8)4(9)5(13-11)6(10)12-2/h2-11H,1H2/t2-,3-,4+,5+,6+/m1/s1. The molecule has 5 N–H and O–H groups in total. The van der Waals surface area contributed by atoms with Crippen molar-refractivity contribution in [3.8, 4) is 0 Å². The maximum Gasteiger partial charge on any atom is 0.187 e. The Balaban J connectivity index is 2.66. The van der Waals surface area contributed by atoms with Gasteiger partial charge in [-0.05, 0) is 0 Å². The number of rotatable bonds is 2. The first kappa shape index (κ1) is 10.8. The van der Waals surface area contributed by atoms with E-state index in [-0.39, 0.29) is 0 Å². The number of aliphatic hydroxyl groups excluding tert-OH is 4. The van der Waals surface area contributed by atoms with Crippen LogP contribution >= 0.6 is 0 Å². The van der Waals surface area contributed by atoms with E-state index in [1.165, 1.54) is 0 Å². The van der Waals surface area contributed by atoms with Gasteiger partial charge >= 0.3 is 0 Å². The SMILES string of the molecule is OC[C@H]1O[C@H](O)[C@@H](OO)[C@@H](O)[C@@H]1O. The van der Waals surface area contributed by atoms with Crippen LogP contribution < -0.4 is 0 Å². The van der Waals surface area contributed by atoms with Crippen LogP contribution in [0.2, 0.25) is 0 Å². The summed E-state index contributed by atoms with van der Waals surface area (Å²) in [6.45, 7) is -0.548. The van der Waals surface area contributed by atoms with Crippen molar-refractivity contribution in [2.75, 3.05) is 6.61 Å². The molecule has 0 aliphatic carbocycles. The van der Waals surface area contributed by atoms with Crippen molar-refractivity contribution in [2.45, 2.75) is 30.7 Å². The molecule has 1 aliphatic rings. The first-order valence-electron chi connectivity index (χ1n) is 3.72. The third-order valence-corrected chi connectivity index (χ3v) is 1.96. The van der Waals surface area contributed by atoms with Gasteiger partial charge in [0.15, 0.2) is 12.4 Å². The highest BCUT2D eigenvalue weighted by molar-refractivity contribution is 4.88. The number of hydrogen-bond acceptors (Lipinski definition) is 7. The summed E-state index contributed by atoms with van der Waals surface area (Å²) in [6.07, 6.45) is -7.02. The van der Waals surface area contributed by atoms with Gasteiger partial charge in [-0.25, -0.2) is 4.89 Å². The lowest BCUT2D eigenvalue weighted by Crippen LogP contribution is -2.59. The van der Waals surface area contributed by atoms with Crippen LogP contribution in [0.3, 0.4) is 0 Å². The topological polar surface area (TPSA) is 120 Å². The maximum absolute atomic E-state index is 9.22. The third-order valence-electron chi connectivity index (χ3n) is 1.96. The van der Waals surface area contributed by atoms with E-state index in [9.17, 15) is 10.2 Å². The second-order valence-electron chi connectivity index (χ2n) is 2.80. The van der Waals surface area contributed by atoms with Crippen LogP contribution in [0.1, 0.15) is 0 Å². The zero-order chi connectivity index (χ0) is 10.0. The molecule has 0 aromatic heterocycles. The van der Waals surface area contributed by atoms with E-state index in [4.69, 9.17) is 15.5 Å². The van der Waals surface area contributed by atoms with Gasteiger partial charge in [0.25, 0.3) is 0 Å². The molecule has 0 aromatic rings. The Labute approximate surface area is 73.7 Å². The Bertz CT molecular complexity index is 163. The second kappa shape index (κ2) is 4.29. The van der Waals surface area contributed by atoms with Crippen LogP contribution in [0.5, 0.6) is 0 Å². The molecule has 0 amide bonds. The molecule has 78 valence electrons. The lowest BCUT2D eigenvalue weighted by atomic mass is 9.99. The third kappa shape index (κ3) is 1.97. The smallest absolute Gasteiger partial charge is 0.187 e. The largest absolute Gasteiger partial charge is 0.394 e. The zero-order valence-corrected chi connectivity index (χ0v) is 6.65. The molecule has 0 aromatic carbocycles. The van der Waals surface area contributed by atoms with Crippen LogP contribution in [-0.2, 0) is 9.62 Å². The summed E-state index contributed by atoms with van der Waals surface area (Å²) in [6, 6.07) is 0.